The third-order valence-electron chi connectivity index (χ3n) is 4.33. The van der Waals surface area contributed by atoms with Crippen LogP contribution in [0.1, 0.15) is 28.9 Å². The Morgan fingerprint density at radius 2 is 1.78 bits per heavy atom. The van der Waals surface area contributed by atoms with Crippen LogP contribution in [-0.4, -0.2) is 52.9 Å². The number of hydrogen-bond donors (Lipinski definition) is 0. The maximum absolute atomic E-state index is 12.8. The first-order chi connectivity index (χ1) is 12.7. The van der Waals surface area contributed by atoms with Gasteiger partial charge >= 0.3 is 0 Å². The second-order valence-electron chi connectivity index (χ2n) is 6.30. The molecular weight excluding hydrogens is 366 g/mol. The van der Waals surface area contributed by atoms with E-state index in [0.717, 1.165) is 5.56 Å². The number of sulfone groups is 1. The van der Waals surface area contributed by atoms with Crippen LogP contribution in [0.15, 0.2) is 53.4 Å². The zero-order valence-corrected chi connectivity index (χ0v) is 16.8. The lowest BCUT2D eigenvalue weighted by Gasteiger charge is -2.25. The first-order valence-electron chi connectivity index (χ1n) is 8.53. The Balaban J connectivity index is 2.13. The van der Waals surface area contributed by atoms with E-state index in [9.17, 15) is 13.2 Å². The minimum Gasteiger partial charge on any atom is -0.491 e. The SMILES string of the molecule is COCCOc1cccc(C(=O)N(C)C(C)c2ccc(S(C)(=O)=O)cc2)c1. The maximum Gasteiger partial charge on any atom is 0.254 e. The Hall–Kier alpha value is -2.38. The fourth-order valence-electron chi connectivity index (χ4n) is 2.56. The van der Waals surface area contributed by atoms with Crippen LogP contribution in [0.5, 0.6) is 5.75 Å². The van der Waals surface area contributed by atoms with E-state index in [1.165, 1.54) is 6.26 Å². The molecule has 0 spiro atoms. The summed E-state index contributed by atoms with van der Waals surface area (Å²) < 4.78 is 33.7. The number of ether oxygens (including phenoxy) is 2. The van der Waals surface area contributed by atoms with Crippen molar-refractivity contribution < 1.29 is 22.7 Å². The number of rotatable bonds is 8. The molecule has 0 bridgehead atoms. The third kappa shape index (κ3) is 5.55. The maximum atomic E-state index is 12.8. The topological polar surface area (TPSA) is 72.9 Å². The number of nitrogens with zero attached hydrogens (tertiary/aromatic N) is 1. The van der Waals surface area contributed by atoms with Crippen molar-refractivity contribution >= 4 is 15.7 Å². The molecule has 146 valence electrons. The van der Waals surface area contributed by atoms with Gasteiger partial charge in [-0.05, 0) is 42.8 Å². The molecule has 1 amide bonds. The normalized spacial score (nSPS) is 12.4. The number of methoxy groups -OCH3 is 1. The van der Waals surface area contributed by atoms with E-state index < -0.39 is 9.84 Å². The third-order valence-corrected chi connectivity index (χ3v) is 5.46. The lowest BCUT2D eigenvalue weighted by molar-refractivity contribution is 0.0742. The minimum atomic E-state index is -3.24. The van der Waals surface area contributed by atoms with Crippen LogP contribution >= 0.6 is 0 Å². The summed E-state index contributed by atoms with van der Waals surface area (Å²) in [5.41, 5.74) is 1.37. The van der Waals surface area contributed by atoms with Crippen LogP contribution in [0.4, 0.5) is 0 Å². The van der Waals surface area contributed by atoms with Gasteiger partial charge in [0.25, 0.3) is 5.91 Å². The monoisotopic (exact) mass is 391 g/mol. The molecule has 2 aromatic carbocycles. The van der Waals surface area contributed by atoms with E-state index in [-0.39, 0.29) is 16.8 Å². The van der Waals surface area contributed by atoms with Crippen molar-refractivity contribution in [3.8, 4) is 5.75 Å². The molecule has 0 aliphatic heterocycles. The van der Waals surface area contributed by atoms with Gasteiger partial charge in [-0.1, -0.05) is 18.2 Å². The quantitative estimate of drug-likeness (QED) is 0.647. The Labute approximate surface area is 160 Å². The Kier molecular flexibility index (Phi) is 6.98. The molecule has 1 atom stereocenters. The second-order valence-corrected chi connectivity index (χ2v) is 8.32. The molecule has 0 fully saturated rings. The average molecular weight is 391 g/mol. The molecule has 0 aromatic heterocycles. The zero-order chi connectivity index (χ0) is 20.0. The molecule has 0 heterocycles. The van der Waals surface area contributed by atoms with E-state index in [1.807, 2.05) is 6.92 Å². The first-order valence-corrected chi connectivity index (χ1v) is 10.4. The second kappa shape index (κ2) is 9.01. The van der Waals surface area contributed by atoms with Gasteiger partial charge in [-0.3, -0.25) is 4.79 Å². The molecule has 2 aromatic rings. The van der Waals surface area contributed by atoms with Gasteiger partial charge in [0, 0.05) is 26.0 Å². The van der Waals surface area contributed by atoms with E-state index in [2.05, 4.69) is 0 Å². The van der Waals surface area contributed by atoms with Crippen LogP contribution in [0.3, 0.4) is 0 Å². The molecular formula is C20H25NO5S. The van der Waals surface area contributed by atoms with Gasteiger partial charge in [-0.15, -0.1) is 0 Å². The van der Waals surface area contributed by atoms with Crippen molar-refractivity contribution in [2.75, 3.05) is 33.6 Å². The van der Waals surface area contributed by atoms with Crippen molar-refractivity contribution in [3.63, 3.8) is 0 Å². The summed E-state index contributed by atoms with van der Waals surface area (Å²) in [5.74, 6) is 0.461. The summed E-state index contributed by atoms with van der Waals surface area (Å²) in [6, 6.07) is 13.4. The fourth-order valence-corrected chi connectivity index (χ4v) is 3.19. The van der Waals surface area contributed by atoms with Gasteiger partial charge in [0.15, 0.2) is 9.84 Å². The molecule has 7 heteroatoms. The Morgan fingerprint density at radius 1 is 1.11 bits per heavy atom. The standard InChI is InChI=1S/C20H25NO5S/c1-15(16-8-10-19(11-9-16)27(4,23)24)21(2)20(22)17-6-5-7-18(14-17)26-13-12-25-3/h5-11,14-15H,12-13H2,1-4H3. The number of carbonyl (C=O) groups excluding carboxylic acids is 1. The molecule has 0 saturated carbocycles. The molecule has 6 nitrogen and oxygen atoms in total. The predicted molar refractivity (Wildman–Crippen MR) is 104 cm³/mol. The van der Waals surface area contributed by atoms with Gasteiger partial charge in [-0.2, -0.15) is 0 Å². The largest absolute Gasteiger partial charge is 0.491 e. The lowest BCUT2D eigenvalue weighted by atomic mass is 10.1. The number of amides is 1. The predicted octanol–water partition coefficient (Wildman–Crippen LogP) is 2.95. The molecule has 27 heavy (non-hydrogen) atoms. The summed E-state index contributed by atoms with van der Waals surface area (Å²) in [4.78, 5) is 14.7. The Bertz CT molecular complexity index is 878. The number of benzene rings is 2. The molecule has 1 unspecified atom stereocenters. The van der Waals surface area contributed by atoms with Crippen molar-refractivity contribution in [2.45, 2.75) is 17.9 Å². The highest BCUT2D eigenvalue weighted by atomic mass is 32.2. The van der Waals surface area contributed by atoms with Crippen LogP contribution < -0.4 is 4.74 Å². The van der Waals surface area contributed by atoms with Crippen LogP contribution in [0, 0.1) is 0 Å². The van der Waals surface area contributed by atoms with Gasteiger partial charge in [-0.25, -0.2) is 8.42 Å². The van der Waals surface area contributed by atoms with Gasteiger partial charge < -0.3 is 14.4 Å². The summed E-state index contributed by atoms with van der Waals surface area (Å²) in [6.07, 6.45) is 1.17. The molecule has 2 rings (SSSR count). The van der Waals surface area contributed by atoms with Crippen LogP contribution in [0.25, 0.3) is 0 Å². The number of carbonyl (C=O) groups is 1. The van der Waals surface area contributed by atoms with E-state index in [0.29, 0.717) is 24.5 Å². The van der Waals surface area contributed by atoms with Gasteiger partial charge in [0.05, 0.1) is 17.5 Å². The molecule has 0 aliphatic rings. The van der Waals surface area contributed by atoms with Crippen molar-refractivity contribution in [1.82, 2.24) is 4.90 Å². The van der Waals surface area contributed by atoms with E-state index in [1.54, 1.807) is 67.6 Å². The molecule has 0 N–H and O–H groups in total. The summed E-state index contributed by atoms with van der Waals surface area (Å²) in [5, 5.41) is 0. The highest BCUT2D eigenvalue weighted by Crippen LogP contribution is 2.23. The fraction of sp³-hybridized carbons (Fsp3) is 0.350. The highest BCUT2D eigenvalue weighted by Gasteiger charge is 2.20. The smallest absolute Gasteiger partial charge is 0.254 e. The van der Waals surface area contributed by atoms with Crippen LogP contribution in [0.2, 0.25) is 0 Å². The number of hydrogen-bond acceptors (Lipinski definition) is 5. The van der Waals surface area contributed by atoms with Gasteiger partial charge in [0.1, 0.15) is 12.4 Å². The average Bonchev–Trinajstić information content (AvgIpc) is 2.66. The van der Waals surface area contributed by atoms with Crippen molar-refractivity contribution in [1.29, 1.82) is 0 Å². The zero-order valence-electron chi connectivity index (χ0n) is 16.0. The van der Waals surface area contributed by atoms with Crippen LogP contribution in [-0.2, 0) is 14.6 Å². The van der Waals surface area contributed by atoms with E-state index >= 15 is 0 Å². The van der Waals surface area contributed by atoms with Crippen molar-refractivity contribution in [3.05, 3.63) is 59.7 Å². The summed E-state index contributed by atoms with van der Waals surface area (Å²) in [6.45, 7) is 2.78. The molecule has 0 aliphatic carbocycles. The molecule has 0 saturated heterocycles. The Morgan fingerprint density at radius 3 is 2.37 bits per heavy atom. The van der Waals surface area contributed by atoms with Gasteiger partial charge in [0.2, 0.25) is 0 Å². The lowest BCUT2D eigenvalue weighted by Crippen LogP contribution is -2.29. The van der Waals surface area contributed by atoms with Crippen molar-refractivity contribution in [2.24, 2.45) is 0 Å². The highest BCUT2D eigenvalue weighted by molar-refractivity contribution is 7.90. The van der Waals surface area contributed by atoms with E-state index in [4.69, 9.17) is 9.47 Å². The summed E-state index contributed by atoms with van der Waals surface area (Å²) in [7, 11) is 0.0748. The summed E-state index contributed by atoms with van der Waals surface area (Å²) >= 11 is 0. The first kappa shape index (κ1) is 20.9. The molecule has 0 radical (unpaired) electrons. The minimum absolute atomic E-state index is 0.146.